The van der Waals surface area contributed by atoms with Gasteiger partial charge in [0.15, 0.2) is 0 Å². The van der Waals surface area contributed by atoms with E-state index in [9.17, 15) is 22.8 Å². The number of rotatable bonds is 4. The van der Waals surface area contributed by atoms with Crippen molar-refractivity contribution in [3.63, 3.8) is 0 Å². The van der Waals surface area contributed by atoms with Crippen LogP contribution in [0.5, 0.6) is 0 Å². The van der Waals surface area contributed by atoms with Gasteiger partial charge in [-0.15, -0.1) is 0 Å². The zero-order valence-electron chi connectivity index (χ0n) is 13.5. The number of aromatic amines is 1. The van der Waals surface area contributed by atoms with Gasteiger partial charge in [0.25, 0.3) is 5.91 Å². The van der Waals surface area contributed by atoms with Crippen molar-refractivity contribution >= 4 is 5.91 Å². The Kier molecular flexibility index (Phi) is 4.41. The van der Waals surface area contributed by atoms with E-state index < -0.39 is 17.8 Å². The Morgan fingerprint density at radius 2 is 1.96 bits per heavy atom. The molecule has 25 heavy (non-hydrogen) atoms. The van der Waals surface area contributed by atoms with Crippen molar-refractivity contribution in [2.45, 2.75) is 38.0 Å². The molecule has 7 heteroatoms. The molecule has 1 heterocycles. The second-order valence-electron chi connectivity index (χ2n) is 6.18. The van der Waals surface area contributed by atoms with E-state index in [4.69, 9.17) is 0 Å². The van der Waals surface area contributed by atoms with E-state index in [1.165, 1.54) is 24.4 Å². The fraction of sp³-hybridized carbons (Fsp3) is 0.333. The first-order valence-electron chi connectivity index (χ1n) is 7.96. The molecule has 0 spiro atoms. The van der Waals surface area contributed by atoms with Crippen LogP contribution in [-0.4, -0.2) is 21.8 Å². The van der Waals surface area contributed by atoms with Gasteiger partial charge in [0.05, 0.1) is 17.2 Å². The molecule has 1 aliphatic carbocycles. The van der Waals surface area contributed by atoms with Crippen molar-refractivity contribution in [3.8, 4) is 0 Å². The summed E-state index contributed by atoms with van der Waals surface area (Å²) >= 11 is 0. The number of amides is 1. The number of aromatic nitrogens is 1. The monoisotopic (exact) mass is 350 g/mol. The summed E-state index contributed by atoms with van der Waals surface area (Å²) in [5, 5.41) is 0. The highest BCUT2D eigenvalue weighted by Gasteiger charge is 2.37. The number of hydrogen-bond acceptors (Lipinski definition) is 2. The van der Waals surface area contributed by atoms with Crippen LogP contribution >= 0.6 is 0 Å². The third-order valence-electron chi connectivity index (χ3n) is 4.32. The molecule has 1 aliphatic rings. The smallest absolute Gasteiger partial charge is 0.329 e. The Balaban J connectivity index is 1.92. The molecule has 1 fully saturated rings. The Bertz CT molecular complexity index is 820. The van der Waals surface area contributed by atoms with Crippen molar-refractivity contribution < 1.29 is 18.0 Å². The van der Waals surface area contributed by atoms with Crippen molar-refractivity contribution in [1.82, 2.24) is 9.88 Å². The van der Waals surface area contributed by atoms with Crippen molar-refractivity contribution in [3.05, 3.63) is 69.6 Å². The van der Waals surface area contributed by atoms with E-state index in [-0.39, 0.29) is 17.5 Å². The molecule has 1 N–H and O–H groups in total. The van der Waals surface area contributed by atoms with Crippen LogP contribution in [0.1, 0.15) is 47.3 Å². The molecular formula is C18H17F3N2O2. The van der Waals surface area contributed by atoms with Crippen LogP contribution in [-0.2, 0) is 6.18 Å². The third-order valence-corrected chi connectivity index (χ3v) is 4.32. The van der Waals surface area contributed by atoms with Crippen LogP contribution in [0.2, 0.25) is 0 Å². The molecule has 0 saturated heterocycles. The van der Waals surface area contributed by atoms with Crippen LogP contribution in [0, 0.1) is 0 Å². The molecule has 0 radical (unpaired) electrons. The van der Waals surface area contributed by atoms with Gasteiger partial charge < -0.3 is 9.88 Å². The van der Waals surface area contributed by atoms with Gasteiger partial charge in [-0.05, 0) is 43.5 Å². The molecule has 1 aromatic heterocycles. The molecule has 1 aromatic carbocycles. The van der Waals surface area contributed by atoms with Crippen LogP contribution in [0.4, 0.5) is 13.2 Å². The molecule has 0 unspecified atom stereocenters. The Morgan fingerprint density at radius 3 is 2.52 bits per heavy atom. The number of nitrogens with one attached hydrogen (secondary N) is 1. The number of halogens is 3. The lowest BCUT2D eigenvalue weighted by molar-refractivity contribution is -0.137. The second-order valence-corrected chi connectivity index (χ2v) is 6.18. The van der Waals surface area contributed by atoms with Crippen molar-refractivity contribution in [2.24, 2.45) is 0 Å². The zero-order valence-corrected chi connectivity index (χ0v) is 13.5. The van der Waals surface area contributed by atoms with E-state index in [2.05, 4.69) is 4.98 Å². The quantitative estimate of drug-likeness (QED) is 0.913. The first kappa shape index (κ1) is 17.3. The standard InChI is InChI=1S/C18H17F3N2O2/c1-11(12-3-2-4-14(9-12)18(19,20)21)23(15-6-7-15)17(25)13-5-8-16(24)22-10-13/h2-5,8-11,15H,6-7H2,1H3,(H,22,24)/t11-/m1/s1. The predicted octanol–water partition coefficient (Wildman–Crippen LogP) is 3.76. The van der Waals surface area contributed by atoms with Crippen molar-refractivity contribution in [2.75, 3.05) is 0 Å². The van der Waals surface area contributed by atoms with Gasteiger partial charge in [-0.3, -0.25) is 9.59 Å². The molecule has 2 aromatic rings. The summed E-state index contributed by atoms with van der Waals surface area (Å²) in [4.78, 5) is 28.0. The van der Waals surface area contributed by atoms with E-state index in [0.717, 1.165) is 25.0 Å². The molecule has 1 atom stereocenters. The summed E-state index contributed by atoms with van der Waals surface area (Å²) < 4.78 is 38.9. The highest BCUT2D eigenvalue weighted by Crippen LogP contribution is 2.37. The predicted molar refractivity (Wildman–Crippen MR) is 86.1 cm³/mol. The molecule has 3 rings (SSSR count). The summed E-state index contributed by atoms with van der Waals surface area (Å²) in [6, 6.07) is 7.22. The van der Waals surface area contributed by atoms with Gasteiger partial charge in [-0.2, -0.15) is 13.2 Å². The number of H-pyrrole nitrogens is 1. The van der Waals surface area contributed by atoms with Gasteiger partial charge in [0, 0.05) is 18.3 Å². The number of benzene rings is 1. The maximum absolute atomic E-state index is 13.0. The van der Waals surface area contributed by atoms with E-state index in [0.29, 0.717) is 11.1 Å². The number of carbonyl (C=O) groups excluding carboxylic acids is 1. The lowest BCUT2D eigenvalue weighted by atomic mass is 10.0. The number of nitrogens with zero attached hydrogens (tertiary/aromatic N) is 1. The highest BCUT2D eigenvalue weighted by atomic mass is 19.4. The molecule has 1 amide bonds. The second kappa shape index (κ2) is 6.38. The molecule has 0 bridgehead atoms. The average molecular weight is 350 g/mol. The minimum absolute atomic E-state index is 0.00368. The maximum Gasteiger partial charge on any atom is 0.416 e. The summed E-state index contributed by atoms with van der Waals surface area (Å²) in [6.07, 6.45) is -1.46. The largest absolute Gasteiger partial charge is 0.416 e. The number of pyridine rings is 1. The summed E-state index contributed by atoms with van der Waals surface area (Å²) in [5.74, 6) is -0.302. The Hall–Kier alpha value is -2.57. The van der Waals surface area contributed by atoms with Crippen LogP contribution < -0.4 is 5.56 Å². The third kappa shape index (κ3) is 3.75. The Labute approximate surface area is 142 Å². The number of hydrogen-bond donors (Lipinski definition) is 1. The minimum Gasteiger partial charge on any atom is -0.329 e. The first-order valence-corrected chi connectivity index (χ1v) is 7.96. The highest BCUT2D eigenvalue weighted by molar-refractivity contribution is 5.94. The van der Waals surface area contributed by atoms with E-state index in [1.54, 1.807) is 17.9 Å². The van der Waals surface area contributed by atoms with Gasteiger partial charge in [-0.25, -0.2) is 0 Å². The molecule has 4 nitrogen and oxygen atoms in total. The van der Waals surface area contributed by atoms with E-state index >= 15 is 0 Å². The molecule has 1 saturated carbocycles. The minimum atomic E-state index is -4.43. The van der Waals surface area contributed by atoms with Gasteiger partial charge in [0.1, 0.15) is 0 Å². The summed E-state index contributed by atoms with van der Waals surface area (Å²) in [7, 11) is 0. The number of alkyl halides is 3. The van der Waals surface area contributed by atoms with Gasteiger partial charge >= 0.3 is 6.18 Å². The SMILES string of the molecule is C[C@H](c1cccc(C(F)(F)F)c1)N(C(=O)c1ccc(=O)[nH]c1)C1CC1. The van der Waals surface area contributed by atoms with Crippen LogP contribution in [0.15, 0.2) is 47.4 Å². The van der Waals surface area contributed by atoms with Gasteiger partial charge in [-0.1, -0.05) is 12.1 Å². The summed E-state index contributed by atoms with van der Waals surface area (Å²) in [5.41, 5.74) is -0.311. The molecule has 0 aliphatic heterocycles. The molecular weight excluding hydrogens is 333 g/mol. The Morgan fingerprint density at radius 1 is 1.24 bits per heavy atom. The normalized spacial score (nSPS) is 15.7. The van der Waals surface area contributed by atoms with Gasteiger partial charge in [0.2, 0.25) is 5.56 Å². The zero-order chi connectivity index (χ0) is 18.2. The average Bonchev–Trinajstić information content (AvgIpc) is 3.39. The topological polar surface area (TPSA) is 53.2 Å². The lowest BCUT2D eigenvalue weighted by Crippen LogP contribution is -2.36. The van der Waals surface area contributed by atoms with Crippen LogP contribution in [0.25, 0.3) is 0 Å². The van der Waals surface area contributed by atoms with Crippen LogP contribution in [0.3, 0.4) is 0 Å². The first-order chi connectivity index (χ1) is 11.8. The maximum atomic E-state index is 13.0. The van der Waals surface area contributed by atoms with E-state index in [1.807, 2.05) is 0 Å². The fourth-order valence-corrected chi connectivity index (χ4v) is 2.84. The molecule has 132 valence electrons. The number of carbonyl (C=O) groups is 1. The summed E-state index contributed by atoms with van der Waals surface area (Å²) in [6.45, 7) is 1.72. The lowest BCUT2D eigenvalue weighted by Gasteiger charge is -2.30. The fourth-order valence-electron chi connectivity index (χ4n) is 2.84. The van der Waals surface area contributed by atoms with Crippen molar-refractivity contribution in [1.29, 1.82) is 0 Å².